The second-order valence-corrected chi connectivity index (χ2v) is 8.08. The summed E-state index contributed by atoms with van der Waals surface area (Å²) in [7, 11) is 0. The summed E-state index contributed by atoms with van der Waals surface area (Å²) in [6, 6.07) is 13.6. The number of nitrogens with one attached hydrogen (secondary N) is 1. The second kappa shape index (κ2) is 11.3. The van der Waals surface area contributed by atoms with E-state index in [0.29, 0.717) is 23.2 Å². The Morgan fingerprint density at radius 1 is 1.24 bits per heavy atom. The predicted octanol–water partition coefficient (Wildman–Crippen LogP) is 4.81. The molecule has 10 heteroatoms. The Balaban J connectivity index is 1.63. The zero-order chi connectivity index (χ0) is 23.8. The third kappa shape index (κ3) is 6.42. The topological polar surface area (TPSA) is 112 Å². The molecular weight excluding hydrogens is 442 g/mol. The third-order valence-electron chi connectivity index (χ3n) is 4.76. The van der Waals surface area contributed by atoms with Gasteiger partial charge in [0.25, 0.3) is 5.69 Å². The van der Waals surface area contributed by atoms with Gasteiger partial charge in [-0.05, 0) is 43.2 Å². The van der Waals surface area contributed by atoms with Crippen LogP contribution in [0.2, 0.25) is 0 Å². The molecule has 33 heavy (non-hydrogen) atoms. The first-order valence-electron chi connectivity index (χ1n) is 10.4. The van der Waals surface area contributed by atoms with Crippen LogP contribution >= 0.6 is 11.8 Å². The maximum Gasteiger partial charge on any atom is 0.269 e. The van der Waals surface area contributed by atoms with E-state index in [1.165, 1.54) is 41.6 Å². The van der Waals surface area contributed by atoms with Crippen molar-refractivity contribution in [2.24, 2.45) is 0 Å². The van der Waals surface area contributed by atoms with Gasteiger partial charge in [0.2, 0.25) is 5.91 Å². The van der Waals surface area contributed by atoms with Crippen molar-refractivity contribution in [2.45, 2.75) is 38.1 Å². The highest BCUT2D eigenvalue weighted by molar-refractivity contribution is 7.99. The summed E-state index contributed by atoms with van der Waals surface area (Å²) < 4.78 is 7.90. The van der Waals surface area contributed by atoms with E-state index in [2.05, 4.69) is 29.0 Å². The zero-order valence-electron chi connectivity index (χ0n) is 18.4. The molecule has 1 unspecified atom stereocenters. The number of nitro groups is 1. The van der Waals surface area contributed by atoms with Crippen LogP contribution in [0.25, 0.3) is 0 Å². The molecule has 1 amide bonds. The van der Waals surface area contributed by atoms with Gasteiger partial charge in [-0.25, -0.2) is 0 Å². The van der Waals surface area contributed by atoms with Gasteiger partial charge in [-0.3, -0.25) is 19.5 Å². The number of allylic oxidation sites excluding steroid dienone is 1. The predicted molar refractivity (Wildman–Crippen MR) is 128 cm³/mol. The molecule has 0 aliphatic rings. The molecule has 0 aliphatic heterocycles. The van der Waals surface area contributed by atoms with Crippen molar-refractivity contribution in [2.75, 3.05) is 11.1 Å². The minimum atomic E-state index is -0.490. The molecule has 1 N–H and O–H groups in total. The second-order valence-electron chi connectivity index (χ2n) is 7.14. The van der Waals surface area contributed by atoms with Crippen molar-refractivity contribution < 1.29 is 14.5 Å². The summed E-state index contributed by atoms with van der Waals surface area (Å²) in [5.41, 5.74) is 1.68. The van der Waals surface area contributed by atoms with Crippen LogP contribution < -0.4 is 10.1 Å². The fourth-order valence-corrected chi connectivity index (χ4v) is 3.82. The minimum Gasteiger partial charge on any atom is -0.483 e. The van der Waals surface area contributed by atoms with E-state index in [9.17, 15) is 14.9 Å². The number of amides is 1. The monoisotopic (exact) mass is 467 g/mol. The Morgan fingerprint density at radius 2 is 1.94 bits per heavy atom. The van der Waals surface area contributed by atoms with Crippen LogP contribution in [0.3, 0.4) is 0 Å². The zero-order valence-corrected chi connectivity index (χ0v) is 19.2. The Morgan fingerprint density at radius 3 is 2.55 bits per heavy atom. The van der Waals surface area contributed by atoms with Crippen molar-refractivity contribution in [1.29, 1.82) is 0 Å². The number of nitrogens with zero attached hydrogens (tertiary/aromatic N) is 4. The standard InChI is InChI=1S/C23H25N5O4S/c1-4-14-27-22(16(3)32-20-12-6-17(5-2)7-13-20)25-26-23(27)33-15-21(29)24-18-8-10-19(11-9-18)28(30)31/h4,6-13,16H,1,5,14-15H2,2-3H3,(H,24,29). The number of benzene rings is 2. The minimum absolute atomic E-state index is 0.0370. The maximum atomic E-state index is 12.3. The lowest BCUT2D eigenvalue weighted by atomic mass is 10.2. The summed E-state index contributed by atoms with van der Waals surface area (Å²) in [5.74, 6) is 1.21. The molecule has 0 spiro atoms. The number of carbonyl (C=O) groups excluding carboxylic acids is 1. The number of aryl methyl sites for hydroxylation is 1. The lowest BCUT2D eigenvalue weighted by Gasteiger charge is -2.16. The first kappa shape index (κ1) is 24.0. The number of thioether (sulfide) groups is 1. The van der Waals surface area contributed by atoms with Crippen LogP contribution in [0.1, 0.15) is 31.3 Å². The molecule has 0 fully saturated rings. The molecular formula is C23H25N5O4S. The van der Waals surface area contributed by atoms with Crippen LogP contribution in [0.4, 0.5) is 11.4 Å². The number of aromatic nitrogens is 3. The van der Waals surface area contributed by atoms with Gasteiger partial charge in [-0.15, -0.1) is 16.8 Å². The van der Waals surface area contributed by atoms with E-state index in [4.69, 9.17) is 4.74 Å². The fourth-order valence-electron chi connectivity index (χ4n) is 3.06. The normalized spacial score (nSPS) is 11.6. The first-order valence-corrected chi connectivity index (χ1v) is 11.4. The Kier molecular flexibility index (Phi) is 8.20. The molecule has 172 valence electrons. The fraction of sp³-hybridized carbons (Fsp3) is 0.261. The molecule has 0 bridgehead atoms. The molecule has 0 radical (unpaired) electrons. The van der Waals surface area contributed by atoms with Crippen LogP contribution in [-0.2, 0) is 17.8 Å². The van der Waals surface area contributed by atoms with Crippen molar-refractivity contribution >= 4 is 29.0 Å². The highest BCUT2D eigenvalue weighted by atomic mass is 32.2. The average molecular weight is 468 g/mol. The van der Waals surface area contributed by atoms with Crippen molar-refractivity contribution in [3.63, 3.8) is 0 Å². The molecule has 1 aromatic heterocycles. The molecule has 3 aromatic rings. The Labute approximate surface area is 196 Å². The van der Waals surface area contributed by atoms with Gasteiger partial charge in [0, 0.05) is 24.4 Å². The Bertz CT molecular complexity index is 1110. The molecule has 1 heterocycles. The highest BCUT2D eigenvalue weighted by Crippen LogP contribution is 2.25. The lowest BCUT2D eigenvalue weighted by molar-refractivity contribution is -0.384. The van der Waals surface area contributed by atoms with Gasteiger partial charge < -0.3 is 10.1 Å². The van der Waals surface area contributed by atoms with Crippen molar-refractivity contribution in [3.05, 3.63) is 82.7 Å². The van der Waals surface area contributed by atoms with Crippen LogP contribution in [0, 0.1) is 10.1 Å². The molecule has 9 nitrogen and oxygen atoms in total. The van der Waals surface area contributed by atoms with Crippen LogP contribution in [0.5, 0.6) is 5.75 Å². The van der Waals surface area contributed by atoms with E-state index in [0.717, 1.165) is 12.2 Å². The summed E-state index contributed by atoms with van der Waals surface area (Å²) in [6.45, 7) is 8.26. The van der Waals surface area contributed by atoms with E-state index in [-0.39, 0.29) is 23.5 Å². The van der Waals surface area contributed by atoms with Gasteiger partial charge in [-0.1, -0.05) is 36.9 Å². The summed E-state index contributed by atoms with van der Waals surface area (Å²) >= 11 is 1.24. The average Bonchev–Trinajstić information content (AvgIpc) is 3.21. The van der Waals surface area contributed by atoms with Gasteiger partial charge in [0.05, 0.1) is 10.7 Å². The van der Waals surface area contributed by atoms with Crippen LogP contribution in [-0.4, -0.2) is 31.3 Å². The number of hydrogen-bond donors (Lipinski definition) is 1. The maximum absolute atomic E-state index is 12.3. The number of carbonyl (C=O) groups is 1. The summed E-state index contributed by atoms with van der Waals surface area (Å²) in [4.78, 5) is 22.6. The quantitative estimate of drug-likeness (QED) is 0.186. The summed E-state index contributed by atoms with van der Waals surface area (Å²) in [6.07, 6.45) is 2.34. The van der Waals surface area contributed by atoms with Gasteiger partial charge in [0.1, 0.15) is 5.75 Å². The summed E-state index contributed by atoms with van der Waals surface area (Å²) in [5, 5.41) is 22.5. The number of rotatable bonds is 11. The highest BCUT2D eigenvalue weighted by Gasteiger charge is 2.20. The molecule has 1 atom stereocenters. The number of anilines is 1. The lowest BCUT2D eigenvalue weighted by Crippen LogP contribution is -2.15. The SMILES string of the molecule is C=CCn1c(SCC(=O)Nc2ccc([N+](=O)[O-])cc2)nnc1C(C)Oc1ccc(CC)cc1. The van der Waals surface area contributed by atoms with E-state index in [1.807, 2.05) is 35.8 Å². The largest absolute Gasteiger partial charge is 0.483 e. The van der Waals surface area contributed by atoms with E-state index in [1.54, 1.807) is 6.08 Å². The molecule has 2 aromatic carbocycles. The number of nitro benzene ring substituents is 1. The smallest absolute Gasteiger partial charge is 0.269 e. The third-order valence-corrected chi connectivity index (χ3v) is 5.73. The number of non-ortho nitro benzene ring substituents is 1. The van der Waals surface area contributed by atoms with Crippen molar-refractivity contribution in [3.8, 4) is 5.75 Å². The van der Waals surface area contributed by atoms with E-state index < -0.39 is 4.92 Å². The van der Waals surface area contributed by atoms with E-state index >= 15 is 0 Å². The van der Waals surface area contributed by atoms with Crippen molar-refractivity contribution in [1.82, 2.24) is 14.8 Å². The number of ether oxygens (including phenoxy) is 1. The molecule has 0 aliphatic carbocycles. The van der Waals surface area contributed by atoms with Gasteiger partial charge in [-0.2, -0.15) is 0 Å². The Hall–Kier alpha value is -3.66. The molecule has 0 saturated heterocycles. The van der Waals surface area contributed by atoms with Gasteiger partial charge >= 0.3 is 0 Å². The molecule has 3 rings (SSSR count). The first-order chi connectivity index (χ1) is 15.9. The van der Waals surface area contributed by atoms with Gasteiger partial charge in [0.15, 0.2) is 17.1 Å². The number of hydrogen-bond acceptors (Lipinski definition) is 7. The van der Waals surface area contributed by atoms with Crippen LogP contribution in [0.15, 0.2) is 66.3 Å². The molecule has 0 saturated carbocycles.